The maximum atomic E-state index is 9.19. The molecule has 0 saturated heterocycles. The molecule has 0 amide bonds. The minimum Gasteiger partial charge on any atom is -0.388 e. The highest BCUT2D eigenvalue weighted by molar-refractivity contribution is 9.12. The second-order valence-electron chi connectivity index (χ2n) is 2.25. The SMILES string of the molecule is O[C@@H]1C=C[C@H](O)[C@@H](Br)[C@H]1Br. The molecule has 0 aromatic heterocycles. The lowest BCUT2D eigenvalue weighted by Gasteiger charge is -2.26. The van der Waals surface area contributed by atoms with Crippen LogP contribution in [0, 0.1) is 0 Å². The van der Waals surface area contributed by atoms with E-state index in [0.717, 1.165) is 0 Å². The molecule has 0 aromatic rings. The Balaban J connectivity index is 2.69. The van der Waals surface area contributed by atoms with Crippen LogP contribution in [0.5, 0.6) is 0 Å². The van der Waals surface area contributed by atoms with E-state index in [2.05, 4.69) is 31.9 Å². The number of rotatable bonds is 0. The van der Waals surface area contributed by atoms with Crippen LogP contribution in [0.15, 0.2) is 12.2 Å². The molecule has 0 fully saturated rings. The molecule has 0 unspecified atom stereocenters. The van der Waals surface area contributed by atoms with Crippen LogP contribution >= 0.6 is 31.9 Å². The standard InChI is InChI=1S/C6H8Br2O2/c7-5-3(9)1-2-4(10)6(5)8/h1-6,9-10H/t3-,4+,5+,6-. The molecule has 0 saturated carbocycles. The van der Waals surface area contributed by atoms with Gasteiger partial charge in [0.15, 0.2) is 0 Å². The van der Waals surface area contributed by atoms with Gasteiger partial charge in [0, 0.05) is 0 Å². The van der Waals surface area contributed by atoms with Crippen molar-refractivity contribution in [2.24, 2.45) is 0 Å². The lowest BCUT2D eigenvalue weighted by atomic mass is 10.0. The number of hydrogen-bond donors (Lipinski definition) is 2. The Labute approximate surface area is 76.2 Å². The van der Waals surface area contributed by atoms with Gasteiger partial charge >= 0.3 is 0 Å². The highest BCUT2D eigenvalue weighted by Gasteiger charge is 2.30. The van der Waals surface area contributed by atoms with Gasteiger partial charge in [0.25, 0.3) is 0 Å². The lowest BCUT2D eigenvalue weighted by Crippen LogP contribution is -2.38. The molecule has 0 radical (unpaired) electrons. The van der Waals surface area contributed by atoms with Gasteiger partial charge in [-0.05, 0) is 0 Å². The summed E-state index contributed by atoms with van der Waals surface area (Å²) in [6, 6.07) is 0. The average Bonchev–Trinajstić information content (AvgIpc) is 1.93. The van der Waals surface area contributed by atoms with Crippen LogP contribution in [-0.2, 0) is 0 Å². The van der Waals surface area contributed by atoms with Crippen LogP contribution in [-0.4, -0.2) is 32.1 Å². The first kappa shape index (κ1) is 8.71. The highest BCUT2D eigenvalue weighted by atomic mass is 79.9. The van der Waals surface area contributed by atoms with E-state index < -0.39 is 12.2 Å². The van der Waals surface area contributed by atoms with Crippen molar-refractivity contribution in [1.82, 2.24) is 0 Å². The topological polar surface area (TPSA) is 40.5 Å². The molecule has 1 aliphatic rings. The van der Waals surface area contributed by atoms with Crippen LogP contribution < -0.4 is 0 Å². The molecule has 2 nitrogen and oxygen atoms in total. The summed E-state index contributed by atoms with van der Waals surface area (Å²) in [5.74, 6) is 0. The molecular formula is C6H8Br2O2. The molecule has 0 spiro atoms. The molecule has 1 rings (SSSR count). The predicted molar refractivity (Wildman–Crippen MR) is 46.6 cm³/mol. The van der Waals surface area contributed by atoms with Crippen molar-refractivity contribution >= 4 is 31.9 Å². The first-order valence-electron chi connectivity index (χ1n) is 2.95. The Morgan fingerprint density at radius 3 is 1.50 bits per heavy atom. The monoisotopic (exact) mass is 270 g/mol. The molecule has 1 aliphatic carbocycles. The molecule has 0 aromatic carbocycles. The van der Waals surface area contributed by atoms with Crippen molar-refractivity contribution < 1.29 is 10.2 Å². The van der Waals surface area contributed by atoms with Crippen LogP contribution in [0.4, 0.5) is 0 Å². The zero-order valence-corrected chi connectivity index (χ0v) is 8.29. The summed E-state index contributed by atoms with van der Waals surface area (Å²) in [6.07, 6.45) is 2.16. The molecule has 4 atom stereocenters. The van der Waals surface area contributed by atoms with Gasteiger partial charge in [-0.3, -0.25) is 0 Å². The maximum absolute atomic E-state index is 9.19. The van der Waals surface area contributed by atoms with Gasteiger partial charge in [0.2, 0.25) is 0 Å². The van der Waals surface area contributed by atoms with Gasteiger partial charge in [-0.25, -0.2) is 0 Å². The second-order valence-corrected chi connectivity index (χ2v) is 4.37. The number of aliphatic hydroxyl groups is 2. The van der Waals surface area contributed by atoms with E-state index in [-0.39, 0.29) is 9.65 Å². The van der Waals surface area contributed by atoms with E-state index in [1.807, 2.05) is 0 Å². The van der Waals surface area contributed by atoms with E-state index in [9.17, 15) is 10.2 Å². The smallest absolute Gasteiger partial charge is 0.0858 e. The third kappa shape index (κ3) is 1.61. The van der Waals surface area contributed by atoms with Crippen molar-refractivity contribution in [3.63, 3.8) is 0 Å². The van der Waals surface area contributed by atoms with E-state index in [1.165, 1.54) is 0 Å². The summed E-state index contributed by atoms with van der Waals surface area (Å²) in [7, 11) is 0. The van der Waals surface area contributed by atoms with Gasteiger partial charge in [0.05, 0.1) is 21.9 Å². The third-order valence-corrected chi connectivity index (χ3v) is 4.39. The number of halogens is 2. The summed E-state index contributed by atoms with van der Waals surface area (Å²) in [6.45, 7) is 0. The zero-order chi connectivity index (χ0) is 7.72. The predicted octanol–water partition coefficient (Wildman–Crippen LogP) is 0.805. The van der Waals surface area contributed by atoms with Gasteiger partial charge in [-0.1, -0.05) is 44.0 Å². The van der Waals surface area contributed by atoms with Crippen molar-refractivity contribution in [2.75, 3.05) is 0 Å². The Bertz CT molecular complexity index is 133. The van der Waals surface area contributed by atoms with Crippen molar-refractivity contribution in [3.8, 4) is 0 Å². The van der Waals surface area contributed by atoms with Crippen molar-refractivity contribution in [1.29, 1.82) is 0 Å². The number of aliphatic hydroxyl groups excluding tert-OH is 2. The van der Waals surface area contributed by atoms with Crippen molar-refractivity contribution in [2.45, 2.75) is 21.9 Å². The van der Waals surface area contributed by atoms with E-state index in [4.69, 9.17) is 0 Å². The van der Waals surface area contributed by atoms with Crippen LogP contribution in [0.3, 0.4) is 0 Å². The molecule has 0 heterocycles. The summed E-state index contributed by atoms with van der Waals surface area (Å²) < 4.78 is 0. The second kappa shape index (κ2) is 3.34. The average molecular weight is 272 g/mol. The maximum Gasteiger partial charge on any atom is 0.0858 e. The fourth-order valence-electron chi connectivity index (χ4n) is 0.817. The Kier molecular flexibility index (Phi) is 2.91. The van der Waals surface area contributed by atoms with E-state index in [1.54, 1.807) is 12.2 Å². The molecule has 58 valence electrons. The summed E-state index contributed by atoms with van der Waals surface area (Å²) >= 11 is 6.50. The fraction of sp³-hybridized carbons (Fsp3) is 0.667. The van der Waals surface area contributed by atoms with E-state index in [0.29, 0.717) is 0 Å². The van der Waals surface area contributed by atoms with E-state index >= 15 is 0 Å². The minimum atomic E-state index is -0.507. The van der Waals surface area contributed by atoms with Gasteiger partial charge < -0.3 is 10.2 Å². The first-order valence-corrected chi connectivity index (χ1v) is 4.78. The summed E-state index contributed by atoms with van der Waals surface area (Å²) in [5.41, 5.74) is 0. The molecule has 0 aliphatic heterocycles. The van der Waals surface area contributed by atoms with Crippen LogP contribution in [0.2, 0.25) is 0 Å². The normalized spacial score (nSPS) is 47.6. The lowest BCUT2D eigenvalue weighted by molar-refractivity contribution is 0.161. The molecule has 4 heteroatoms. The fourth-order valence-corrected chi connectivity index (χ4v) is 1.79. The minimum absolute atomic E-state index is 0.104. The number of hydrogen-bond acceptors (Lipinski definition) is 2. The van der Waals surface area contributed by atoms with Gasteiger partial charge in [-0.2, -0.15) is 0 Å². The van der Waals surface area contributed by atoms with Gasteiger partial charge in [0.1, 0.15) is 0 Å². The number of alkyl halides is 2. The zero-order valence-electron chi connectivity index (χ0n) is 5.11. The van der Waals surface area contributed by atoms with Crippen LogP contribution in [0.1, 0.15) is 0 Å². The Morgan fingerprint density at radius 2 is 1.20 bits per heavy atom. The third-order valence-electron chi connectivity index (χ3n) is 1.46. The summed E-state index contributed by atoms with van der Waals surface area (Å²) in [4.78, 5) is -0.208. The summed E-state index contributed by atoms with van der Waals surface area (Å²) in [5, 5.41) is 18.4. The largest absolute Gasteiger partial charge is 0.388 e. The highest BCUT2D eigenvalue weighted by Crippen LogP contribution is 2.26. The molecular weight excluding hydrogens is 264 g/mol. The molecule has 0 bridgehead atoms. The Morgan fingerprint density at radius 1 is 0.900 bits per heavy atom. The first-order chi connectivity index (χ1) is 4.63. The Hall–Kier alpha value is 0.620. The van der Waals surface area contributed by atoms with Crippen molar-refractivity contribution in [3.05, 3.63) is 12.2 Å². The molecule has 10 heavy (non-hydrogen) atoms. The molecule has 2 N–H and O–H groups in total. The van der Waals surface area contributed by atoms with Crippen LogP contribution in [0.25, 0.3) is 0 Å². The van der Waals surface area contributed by atoms with Gasteiger partial charge in [-0.15, -0.1) is 0 Å². The quantitative estimate of drug-likeness (QED) is 0.506.